The van der Waals surface area contributed by atoms with Gasteiger partial charge < -0.3 is 25.0 Å². The van der Waals surface area contributed by atoms with Crippen molar-refractivity contribution in [2.75, 3.05) is 11.5 Å². The molecule has 2 amide bonds. The summed E-state index contributed by atoms with van der Waals surface area (Å²) in [4.78, 5) is 25.9. The van der Waals surface area contributed by atoms with E-state index in [9.17, 15) is 37.9 Å². The van der Waals surface area contributed by atoms with Crippen molar-refractivity contribution < 1.29 is 76.7 Å². The molecule has 170 valence electrons. The fourth-order valence-electron chi connectivity index (χ4n) is 2.55. The summed E-state index contributed by atoms with van der Waals surface area (Å²) in [6.45, 7) is -1.14. The van der Waals surface area contributed by atoms with Gasteiger partial charge in [-0.25, -0.2) is 8.42 Å². The molecule has 1 aliphatic rings. The molecule has 5 N–H and O–H groups in total. The number of thiocarbonyl (C=S) groups is 1. The first-order chi connectivity index (χ1) is 14.4. The summed E-state index contributed by atoms with van der Waals surface area (Å²) < 4.78 is 36.4. The van der Waals surface area contributed by atoms with Gasteiger partial charge in [0.2, 0.25) is 10.4 Å². The first-order valence-corrected chi connectivity index (χ1v) is 10.4. The Kier molecular flexibility index (Phi) is 10.8. The molecular weight excluding hydrogens is 503 g/mol. The number of anilines is 1. The van der Waals surface area contributed by atoms with Crippen molar-refractivity contribution in [2.45, 2.75) is 24.4 Å². The average molecular weight is 519 g/mol. The van der Waals surface area contributed by atoms with Gasteiger partial charge in [0, 0.05) is 5.02 Å². The van der Waals surface area contributed by atoms with E-state index in [-0.39, 0.29) is 40.4 Å². The Morgan fingerprint density at radius 1 is 1.22 bits per heavy atom. The molecule has 4 atom stereocenters. The molecular formula is C16H16ClN2NaO10S2. The van der Waals surface area contributed by atoms with Crippen molar-refractivity contribution in [3.05, 3.63) is 40.9 Å². The van der Waals surface area contributed by atoms with E-state index in [4.69, 9.17) is 28.9 Å². The molecule has 0 spiro atoms. The zero-order chi connectivity index (χ0) is 23.5. The molecule has 0 saturated carbocycles. The van der Waals surface area contributed by atoms with Crippen LogP contribution in [0.1, 0.15) is 0 Å². The zero-order valence-electron chi connectivity index (χ0n) is 16.3. The second-order valence-corrected chi connectivity index (χ2v) is 7.99. The molecule has 1 fully saturated rings. The monoisotopic (exact) mass is 518 g/mol. The van der Waals surface area contributed by atoms with Crippen LogP contribution in [0, 0.1) is 0 Å². The average Bonchev–Trinajstić information content (AvgIpc) is 2.68. The number of hydrogen-bond donors (Lipinski definition) is 5. The summed E-state index contributed by atoms with van der Waals surface area (Å²) in [6, 6.07) is 5.75. The van der Waals surface area contributed by atoms with Gasteiger partial charge in [-0.2, -0.15) is 0 Å². The van der Waals surface area contributed by atoms with Crippen LogP contribution in [-0.4, -0.2) is 81.3 Å². The quantitative estimate of drug-likeness (QED) is 0.0551. The smallest absolute Gasteiger partial charge is 0.726 e. The normalized spacial score (nSPS) is 19.8. The molecule has 0 bridgehead atoms. The largest absolute Gasteiger partial charge is 1.00 e. The molecule has 1 unspecified atom stereocenters. The summed E-state index contributed by atoms with van der Waals surface area (Å²) >= 11 is 10.8. The van der Waals surface area contributed by atoms with Crippen molar-refractivity contribution in [3.63, 3.8) is 0 Å². The second-order valence-electron chi connectivity index (χ2n) is 6.16. The second kappa shape index (κ2) is 11.9. The molecule has 12 nitrogen and oxygen atoms in total. The fourth-order valence-corrected chi connectivity index (χ4v) is 3.48. The zero-order valence-corrected chi connectivity index (χ0v) is 20.7. The Morgan fingerprint density at radius 2 is 1.78 bits per heavy atom. The summed E-state index contributed by atoms with van der Waals surface area (Å²) in [6.07, 6.45) is -8.35. The van der Waals surface area contributed by atoms with E-state index in [1.807, 2.05) is 0 Å². The maximum absolute atomic E-state index is 12.8. The van der Waals surface area contributed by atoms with Gasteiger partial charge in [0.1, 0.15) is 30.0 Å². The molecule has 1 aromatic carbocycles. The Hall–Kier alpha value is -1.01. The van der Waals surface area contributed by atoms with E-state index in [0.29, 0.717) is 11.1 Å². The third kappa shape index (κ3) is 7.24. The van der Waals surface area contributed by atoms with Crippen LogP contribution in [0.4, 0.5) is 5.69 Å². The predicted octanol–water partition coefficient (Wildman–Crippen LogP) is -5.06. The Balaban J connectivity index is 0.00000512. The molecule has 0 radical (unpaired) electrons. The third-order valence-electron chi connectivity index (χ3n) is 4.01. The predicted molar refractivity (Wildman–Crippen MR) is 107 cm³/mol. The number of hydrogen-bond acceptors (Lipinski definition) is 11. The van der Waals surface area contributed by atoms with Gasteiger partial charge in [-0.1, -0.05) is 11.6 Å². The molecule has 1 heterocycles. The van der Waals surface area contributed by atoms with Gasteiger partial charge >= 0.3 is 29.6 Å². The van der Waals surface area contributed by atoms with E-state index in [1.165, 1.54) is 24.3 Å². The summed E-state index contributed by atoms with van der Waals surface area (Å²) in [5.74, 6) is -2.04. The van der Waals surface area contributed by atoms with Crippen LogP contribution >= 0.6 is 23.8 Å². The number of amides is 2. The van der Waals surface area contributed by atoms with E-state index in [0.717, 1.165) is 4.90 Å². The Labute approximate surface area is 214 Å². The van der Waals surface area contributed by atoms with Crippen LogP contribution in [0.2, 0.25) is 5.02 Å². The first-order valence-electron chi connectivity index (χ1n) is 8.32. The number of aliphatic hydroxyl groups excluding tert-OH is 4. The van der Waals surface area contributed by atoms with E-state index in [1.54, 1.807) is 0 Å². The van der Waals surface area contributed by atoms with Crippen LogP contribution in [0.25, 0.3) is 0 Å². The Bertz CT molecular complexity index is 1000. The number of nitrogens with one attached hydrogen (secondary N) is 1. The summed E-state index contributed by atoms with van der Waals surface area (Å²) in [5, 5.41) is 41.2. The van der Waals surface area contributed by atoms with Crippen molar-refractivity contribution in [2.24, 2.45) is 0 Å². The molecule has 1 aromatic rings. The molecule has 16 heteroatoms. The van der Waals surface area contributed by atoms with Gasteiger partial charge in [-0.3, -0.25) is 24.0 Å². The number of nitrogens with zero attached hydrogens (tertiary/aromatic N) is 1. The molecule has 32 heavy (non-hydrogen) atoms. The van der Waals surface area contributed by atoms with Crippen LogP contribution in [0.5, 0.6) is 0 Å². The first kappa shape index (κ1) is 29.0. The van der Waals surface area contributed by atoms with Gasteiger partial charge in [0.05, 0.1) is 12.3 Å². The maximum Gasteiger partial charge on any atom is 1.00 e. The maximum atomic E-state index is 12.8. The van der Waals surface area contributed by atoms with Crippen LogP contribution in [0.15, 0.2) is 35.9 Å². The minimum atomic E-state index is -5.46. The standard InChI is InChI=1S/C16H17ClN2O10S2.Na/c17-7-1-3-8(4-2-7)19-15(25)9(14(24)18-16(19)30)5-10(21)12(23)13(11(22)6-20)29-31(26,27)28;/h1-5,10-13,20-23H,6H2,(H,18,24,30)(H,26,27,28);/q;+1/p-1/b9-5-;/t10-,11-,12-,13?;/m1./s1. The number of aliphatic hydroxyl groups is 4. The molecule has 1 saturated heterocycles. The van der Waals surface area contributed by atoms with Crippen LogP contribution in [-0.2, 0) is 24.2 Å². The Morgan fingerprint density at radius 3 is 2.28 bits per heavy atom. The van der Waals surface area contributed by atoms with Crippen molar-refractivity contribution in [3.8, 4) is 0 Å². The number of halogens is 1. The number of rotatable bonds is 8. The molecule has 0 aromatic heterocycles. The van der Waals surface area contributed by atoms with Gasteiger partial charge in [-0.05, 0) is 42.6 Å². The van der Waals surface area contributed by atoms with E-state index in [2.05, 4.69) is 9.50 Å². The minimum absolute atomic E-state index is 0. The van der Waals surface area contributed by atoms with Crippen molar-refractivity contribution >= 4 is 56.8 Å². The van der Waals surface area contributed by atoms with Crippen molar-refractivity contribution in [1.29, 1.82) is 0 Å². The van der Waals surface area contributed by atoms with E-state index >= 15 is 0 Å². The van der Waals surface area contributed by atoms with Crippen molar-refractivity contribution in [1.82, 2.24) is 5.32 Å². The minimum Gasteiger partial charge on any atom is -0.726 e. The molecule has 1 aliphatic heterocycles. The van der Waals surface area contributed by atoms with Gasteiger partial charge in [0.25, 0.3) is 11.8 Å². The summed E-state index contributed by atoms with van der Waals surface area (Å²) in [5.41, 5.74) is -0.480. The summed E-state index contributed by atoms with van der Waals surface area (Å²) in [7, 11) is -5.46. The van der Waals surface area contributed by atoms with Crippen LogP contribution in [0.3, 0.4) is 0 Å². The fraction of sp³-hybridized carbons (Fsp3) is 0.312. The topological polar surface area (TPSA) is 197 Å². The van der Waals surface area contributed by atoms with Crippen LogP contribution < -0.4 is 39.8 Å². The van der Waals surface area contributed by atoms with E-state index < -0.39 is 58.8 Å². The molecule has 0 aliphatic carbocycles. The number of benzene rings is 1. The number of carbonyl (C=O) groups is 2. The molecule has 2 rings (SSSR count). The number of carbonyl (C=O) groups excluding carboxylic acids is 2. The third-order valence-corrected chi connectivity index (χ3v) is 5.00. The SMILES string of the molecule is O=C1NC(=S)N(c2ccc(Cl)cc2)C(=O)/C1=C\[C@@H](O)[C@@H](O)C(OS(=O)(=O)[O-])[C@H](O)CO.[Na+]. The van der Waals surface area contributed by atoms with Gasteiger partial charge in [-0.15, -0.1) is 0 Å². The van der Waals surface area contributed by atoms with Gasteiger partial charge in [0.15, 0.2) is 5.11 Å².